The van der Waals surface area contributed by atoms with E-state index in [-0.39, 0.29) is 18.0 Å². The number of rotatable bonds is 6. The summed E-state index contributed by atoms with van der Waals surface area (Å²) in [6.45, 7) is 5.45. The second kappa shape index (κ2) is 7.56. The van der Waals surface area contributed by atoms with Crippen molar-refractivity contribution in [3.8, 4) is 0 Å². The fourth-order valence-electron chi connectivity index (χ4n) is 3.10. The van der Waals surface area contributed by atoms with Gasteiger partial charge < -0.3 is 9.47 Å². The van der Waals surface area contributed by atoms with Crippen LogP contribution in [0.4, 0.5) is 0 Å². The molecule has 6 heteroatoms. The monoisotopic (exact) mass is 352 g/mol. The summed E-state index contributed by atoms with van der Waals surface area (Å²) in [5.74, 6) is -0.0734. The van der Waals surface area contributed by atoms with E-state index in [4.69, 9.17) is 0 Å². The van der Waals surface area contributed by atoms with Gasteiger partial charge >= 0.3 is 0 Å². The van der Waals surface area contributed by atoms with Crippen LogP contribution in [0.15, 0.2) is 47.4 Å². The second-order valence-corrected chi connectivity index (χ2v) is 6.66. The molecule has 0 aliphatic carbocycles. The zero-order valence-corrected chi connectivity index (χ0v) is 15.5. The van der Waals surface area contributed by atoms with E-state index in [0.717, 1.165) is 29.7 Å². The molecule has 26 heavy (non-hydrogen) atoms. The lowest BCUT2D eigenvalue weighted by atomic mass is 10.2. The van der Waals surface area contributed by atoms with Crippen molar-refractivity contribution in [2.45, 2.75) is 33.4 Å². The average molecular weight is 352 g/mol. The first-order chi connectivity index (χ1) is 12.5. The molecule has 0 fully saturated rings. The normalized spacial score (nSPS) is 11.0. The van der Waals surface area contributed by atoms with Crippen LogP contribution in [0.2, 0.25) is 0 Å². The third kappa shape index (κ3) is 3.85. The van der Waals surface area contributed by atoms with Crippen LogP contribution in [0, 0.1) is 13.8 Å². The maximum absolute atomic E-state index is 12.5. The number of amides is 1. The maximum atomic E-state index is 12.5. The number of likely N-dealkylation sites (N-methyl/N-ethyl adjacent to an activating group) is 1. The van der Waals surface area contributed by atoms with Gasteiger partial charge in [0.15, 0.2) is 0 Å². The summed E-state index contributed by atoms with van der Waals surface area (Å²) >= 11 is 0. The number of hydrogen-bond donors (Lipinski definition) is 0. The SMILES string of the molecule is Cc1cc(C)n(CCCN(C)C(=O)Cn2ccc3ccccc3c2=O)n1. The number of carbonyl (C=O) groups excluding carboxylic acids is 1. The molecule has 0 aliphatic heterocycles. The second-order valence-electron chi connectivity index (χ2n) is 6.66. The van der Waals surface area contributed by atoms with E-state index in [1.165, 1.54) is 4.57 Å². The van der Waals surface area contributed by atoms with Crippen LogP contribution in [-0.2, 0) is 17.9 Å². The van der Waals surface area contributed by atoms with E-state index < -0.39 is 0 Å². The molecule has 2 heterocycles. The van der Waals surface area contributed by atoms with E-state index in [2.05, 4.69) is 5.10 Å². The first-order valence-electron chi connectivity index (χ1n) is 8.79. The minimum atomic E-state index is -0.132. The Bertz CT molecular complexity index is 987. The standard InChI is InChI=1S/C20H24N4O2/c1-15-13-16(2)24(21-15)11-6-10-22(3)19(25)14-23-12-9-17-7-4-5-8-18(17)20(23)26/h4-5,7-9,12-13H,6,10-11,14H2,1-3H3. The molecule has 0 saturated carbocycles. The number of fused-ring (bicyclic) bond motifs is 1. The van der Waals surface area contributed by atoms with E-state index in [1.807, 2.05) is 48.9 Å². The number of aromatic nitrogens is 3. The number of aryl methyl sites for hydroxylation is 3. The van der Waals surface area contributed by atoms with Gasteiger partial charge in [-0.2, -0.15) is 5.10 Å². The van der Waals surface area contributed by atoms with Crippen molar-refractivity contribution in [3.63, 3.8) is 0 Å². The molecule has 0 aliphatic rings. The quantitative estimate of drug-likeness (QED) is 0.684. The third-order valence-electron chi connectivity index (χ3n) is 4.58. The van der Waals surface area contributed by atoms with Gasteiger partial charge in [-0.3, -0.25) is 14.3 Å². The molecule has 136 valence electrons. The summed E-state index contributed by atoms with van der Waals surface area (Å²) in [7, 11) is 1.77. The van der Waals surface area contributed by atoms with Gasteiger partial charge in [-0.25, -0.2) is 0 Å². The molecule has 0 spiro atoms. The molecule has 0 atom stereocenters. The van der Waals surface area contributed by atoms with Gasteiger partial charge in [0, 0.05) is 37.4 Å². The van der Waals surface area contributed by atoms with Gasteiger partial charge in [-0.15, -0.1) is 0 Å². The van der Waals surface area contributed by atoms with Crippen LogP contribution >= 0.6 is 0 Å². The fraction of sp³-hybridized carbons (Fsp3) is 0.350. The van der Waals surface area contributed by atoms with E-state index in [0.29, 0.717) is 11.9 Å². The molecule has 2 aromatic heterocycles. The predicted octanol–water partition coefficient (Wildman–Crippen LogP) is 2.36. The first-order valence-corrected chi connectivity index (χ1v) is 8.79. The average Bonchev–Trinajstić information content (AvgIpc) is 2.94. The lowest BCUT2D eigenvalue weighted by Gasteiger charge is -2.18. The Labute approximate surface area is 152 Å². The highest BCUT2D eigenvalue weighted by atomic mass is 16.2. The van der Waals surface area contributed by atoms with Crippen LogP contribution in [0.1, 0.15) is 17.8 Å². The van der Waals surface area contributed by atoms with Crippen molar-refractivity contribution in [2.75, 3.05) is 13.6 Å². The Balaban J connectivity index is 1.60. The lowest BCUT2D eigenvalue weighted by Crippen LogP contribution is -2.34. The first kappa shape index (κ1) is 17.9. The summed E-state index contributed by atoms with van der Waals surface area (Å²) in [5, 5.41) is 5.95. The fourth-order valence-corrected chi connectivity index (χ4v) is 3.10. The molecule has 0 unspecified atom stereocenters. The molecule has 1 aromatic carbocycles. The lowest BCUT2D eigenvalue weighted by molar-refractivity contribution is -0.130. The number of carbonyl (C=O) groups is 1. The highest BCUT2D eigenvalue weighted by Crippen LogP contribution is 2.08. The molecule has 3 aromatic rings. The van der Waals surface area contributed by atoms with Crippen molar-refractivity contribution in [1.82, 2.24) is 19.2 Å². The minimum absolute atomic E-state index is 0.0556. The Morgan fingerprint density at radius 2 is 1.96 bits per heavy atom. The molecule has 3 rings (SSSR count). The highest BCUT2D eigenvalue weighted by molar-refractivity contribution is 5.82. The van der Waals surface area contributed by atoms with E-state index >= 15 is 0 Å². The Morgan fingerprint density at radius 1 is 1.19 bits per heavy atom. The summed E-state index contributed by atoms with van der Waals surface area (Å²) in [6, 6.07) is 11.3. The molecular formula is C20H24N4O2. The van der Waals surface area contributed by atoms with Gasteiger partial charge in [0.1, 0.15) is 6.54 Å². The highest BCUT2D eigenvalue weighted by Gasteiger charge is 2.12. The van der Waals surface area contributed by atoms with Crippen LogP contribution in [0.25, 0.3) is 10.8 Å². The van der Waals surface area contributed by atoms with Gasteiger partial charge in [0.25, 0.3) is 5.56 Å². The van der Waals surface area contributed by atoms with Crippen LogP contribution in [0.3, 0.4) is 0 Å². The van der Waals surface area contributed by atoms with Crippen molar-refractivity contribution in [2.24, 2.45) is 0 Å². The van der Waals surface area contributed by atoms with E-state index in [9.17, 15) is 9.59 Å². The largest absolute Gasteiger partial charge is 0.344 e. The van der Waals surface area contributed by atoms with Gasteiger partial charge in [-0.1, -0.05) is 18.2 Å². The van der Waals surface area contributed by atoms with Crippen molar-refractivity contribution < 1.29 is 4.79 Å². The number of pyridine rings is 1. The number of benzene rings is 1. The topological polar surface area (TPSA) is 60.1 Å². The van der Waals surface area contributed by atoms with Crippen LogP contribution < -0.4 is 5.56 Å². The maximum Gasteiger partial charge on any atom is 0.258 e. The summed E-state index contributed by atoms with van der Waals surface area (Å²) in [5.41, 5.74) is 1.99. The smallest absolute Gasteiger partial charge is 0.258 e. The Morgan fingerprint density at radius 3 is 2.69 bits per heavy atom. The van der Waals surface area contributed by atoms with Gasteiger partial charge in [0.05, 0.1) is 5.69 Å². The molecule has 0 radical (unpaired) electrons. The van der Waals surface area contributed by atoms with Crippen molar-refractivity contribution in [3.05, 3.63) is 64.3 Å². The molecule has 0 bridgehead atoms. The zero-order chi connectivity index (χ0) is 18.7. The van der Waals surface area contributed by atoms with E-state index in [1.54, 1.807) is 24.2 Å². The third-order valence-corrected chi connectivity index (χ3v) is 4.58. The van der Waals surface area contributed by atoms with Gasteiger partial charge in [0.2, 0.25) is 5.91 Å². The number of hydrogen-bond acceptors (Lipinski definition) is 3. The molecule has 1 amide bonds. The predicted molar refractivity (Wildman–Crippen MR) is 102 cm³/mol. The summed E-state index contributed by atoms with van der Waals surface area (Å²) in [4.78, 5) is 26.6. The number of nitrogens with zero attached hydrogens (tertiary/aromatic N) is 4. The molecule has 6 nitrogen and oxygen atoms in total. The zero-order valence-electron chi connectivity index (χ0n) is 15.5. The molecular weight excluding hydrogens is 328 g/mol. The Kier molecular flexibility index (Phi) is 5.21. The van der Waals surface area contributed by atoms with Crippen LogP contribution in [-0.4, -0.2) is 38.7 Å². The Hall–Kier alpha value is -2.89. The molecule has 0 saturated heterocycles. The minimum Gasteiger partial charge on any atom is -0.344 e. The van der Waals surface area contributed by atoms with Crippen LogP contribution in [0.5, 0.6) is 0 Å². The summed E-state index contributed by atoms with van der Waals surface area (Å²) in [6.07, 6.45) is 2.50. The van der Waals surface area contributed by atoms with Crippen molar-refractivity contribution in [1.29, 1.82) is 0 Å². The van der Waals surface area contributed by atoms with Crippen molar-refractivity contribution >= 4 is 16.7 Å². The summed E-state index contributed by atoms with van der Waals surface area (Å²) < 4.78 is 3.43. The molecule has 0 N–H and O–H groups in total. The van der Waals surface area contributed by atoms with Gasteiger partial charge in [-0.05, 0) is 43.9 Å².